The van der Waals surface area contributed by atoms with Gasteiger partial charge in [0.25, 0.3) is 0 Å². The van der Waals surface area contributed by atoms with Crippen molar-refractivity contribution < 1.29 is 9.90 Å². The van der Waals surface area contributed by atoms with Crippen molar-refractivity contribution in [1.82, 2.24) is 4.98 Å². The average Bonchev–Trinajstić information content (AvgIpc) is 2.27. The molecule has 1 heterocycles. The van der Waals surface area contributed by atoms with Crippen LogP contribution in [-0.4, -0.2) is 22.6 Å². The Morgan fingerprint density at radius 2 is 2.24 bits per heavy atom. The highest BCUT2D eigenvalue weighted by Gasteiger charge is 1.99. The molecular formula is C12H19N3O2. The topological polar surface area (TPSA) is 88.2 Å². The van der Waals surface area contributed by atoms with Gasteiger partial charge in [-0.25, -0.2) is 4.98 Å². The van der Waals surface area contributed by atoms with Gasteiger partial charge in [0.2, 0.25) is 0 Å². The Labute approximate surface area is 101 Å². The lowest BCUT2D eigenvalue weighted by atomic mass is 10.2. The number of pyridine rings is 1. The Hall–Kier alpha value is -1.78. The van der Waals surface area contributed by atoms with Crippen LogP contribution in [0.1, 0.15) is 31.2 Å². The molecular weight excluding hydrogens is 218 g/mol. The number of nitrogens with one attached hydrogen (secondary N) is 1. The van der Waals surface area contributed by atoms with Gasteiger partial charge >= 0.3 is 5.97 Å². The van der Waals surface area contributed by atoms with Gasteiger partial charge in [0.1, 0.15) is 5.82 Å². The average molecular weight is 237 g/mol. The van der Waals surface area contributed by atoms with Crippen LogP contribution in [0.2, 0.25) is 0 Å². The summed E-state index contributed by atoms with van der Waals surface area (Å²) in [5.74, 6) is 0.0868. The van der Waals surface area contributed by atoms with Gasteiger partial charge in [-0.1, -0.05) is 6.42 Å². The third-order valence-electron chi connectivity index (χ3n) is 2.52. The lowest BCUT2D eigenvalue weighted by molar-refractivity contribution is -0.137. The van der Waals surface area contributed by atoms with Crippen LogP contribution in [0.5, 0.6) is 0 Å². The molecule has 1 aromatic rings. The lowest BCUT2D eigenvalue weighted by Gasteiger charge is -2.07. The first kappa shape index (κ1) is 13.3. The quantitative estimate of drug-likeness (QED) is 0.631. The van der Waals surface area contributed by atoms with Gasteiger partial charge in [-0.15, -0.1) is 0 Å². The summed E-state index contributed by atoms with van der Waals surface area (Å²) in [6, 6.07) is 1.91. The molecule has 4 N–H and O–H groups in total. The monoisotopic (exact) mass is 237 g/mol. The number of hydrogen-bond acceptors (Lipinski definition) is 4. The zero-order valence-corrected chi connectivity index (χ0v) is 10.1. The molecule has 5 heteroatoms. The van der Waals surface area contributed by atoms with E-state index in [9.17, 15) is 4.79 Å². The number of carboxylic acid groups (broad SMARTS) is 1. The maximum Gasteiger partial charge on any atom is 0.303 e. The van der Waals surface area contributed by atoms with Crippen molar-refractivity contribution in [2.24, 2.45) is 0 Å². The third-order valence-corrected chi connectivity index (χ3v) is 2.52. The fourth-order valence-corrected chi connectivity index (χ4v) is 1.46. The van der Waals surface area contributed by atoms with Crippen molar-refractivity contribution >= 4 is 17.5 Å². The number of aliphatic carboxylic acids is 1. The molecule has 0 saturated heterocycles. The van der Waals surface area contributed by atoms with Crippen molar-refractivity contribution in [1.29, 1.82) is 0 Å². The van der Waals surface area contributed by atoms with E-state index >= 15 is 0 Å². The Kier molecular flexibility index (Phi) is 5.26. The van der Waals surface area contributed by atoms with Crippen molar-refractivity contribution in [3.63, 3.8) is 0 Å². The largest absolute Gasteiger partial charge is 0.481 e. The molecule has 0 fully saturated rings. The van der Waals surface area contributed by atoms with Gasteiger partial charge in [0.15, 0.2) is 0 Å². The van der Waals surface area contributed by atoms with Crippen LogP contribution in [0, 0.1) is 6.92 Å². The van der Waals surface area contributed by atoms with E-state index in [0.29, 0.717) is 5.69 Å². The predicted molar refractivity (Wildman–Crippen MR) is 68.0 cm³/mol. The minimum absolute atomic E-state index is 0.249. The summed E-state index contributed by atoms with van der Waals surface area (Å²) in [6.07, 6.45) is 4.47. The maximum absolute atomic E-state index is 10.3. The number of nitrogens with zero attached hydrogens (tertiary/aromatic N) is 1. The van der Waals surface area contributed by atoms with E-state index in [2.05, 4.69) is 10.3 Å². The number of anilines is 2. The summed E-state index contributed by atoms with van der Waals surface area (Å²) >= 11 is 0. The summed E-state index contributed by atoms with van der Waals surface area (Å²) in [7, 11) is 0. The first-order valence-corrected chi connectivity index (χ1v) is 5.77. The summed E-state index contributed by atoms with van der Waals surface area (Å²) in [6.45, 7) is 2.74. The molecule has 94 valence electrons. The second-order valence-corrected chi connectivity index (χ2v) is 4.06. The van der Waals surface area contributed by atoms with Gasteiger partial charge in [-0.3, -0.25) is 4.79 Å². The maximum atomic E-state index is 10.3. The van der Waals surface area contributed by atoms with E-state index in [1.165, 1.54) is 0 Å². The standard InChI is InChI=1S/C12H19N3O2/c1-9-7-11(15-8-10(9)13)14-6-4-2-3-5-12(16)17/h7-8H,2-6,13H2,1H3,(H,14,15)(H,16,17). The Bertz CT molecular complexity index is 380. The molecule has 1 rings (SSSR count). The molecule has 0 bridgehead atoms. The van der Waals surface area contributed by atoms with Crippen molar-refractivity contribution in [3.05, 3.63) is 17.8 Å². The first-order valence-electron chi connectivity index (χ1n) is 5.77. The molecule has 0 amide bonds. The van der Waals surface area contributed by atoms with Crippen LogP contribution in [0.15, 0.2) is 12.3 Å². The summed E-state index contributed by atoms with van der Waals surface area (Å²) in [4.78, 5) is 14.4. The molecule has 0 spiro atoms. The Balaban J connectivity index is 2.18. The van der Waals surface area contributed by atoms with Crippen LogP contribution in [-0.2, 0) is 4.79 Å². The molecule has 0 aliphatic rings. The molecule has 0 unspecified atom stereocenters. The fourth-order valence-electron chi connectivity index (χ4n) is 1.46. The molecule has 0 aliphatic carbocycles. The van der Waals surface area contributed by atoms with Crippen molar-refractivity contribution in [2.45, 2.75) is 32.6 Å². The molecule has 5 nitrogen and oxygen atoms in total. The zero-order valence-electron chi connectivity index (χ0n) is 10.1. The number of rotatable bonds is 7. The Morgan fingerprint density at radius 1 is 1.47 bits per heavy atom. The highest BCUT2D eigenvalue weighted by molar-refractivity contribution is 5.66. The molecule has 17 heavy (non-hydrogen) atoms. The normalized spacial score (nSPS) is 10.2. The van der Waals surface area contributed by atoms with Crippen LogP contribution in [0.3, 0.4) is 0 Å². The third kappa shape index (κ3) is 5.19. The van der Waals surface area contributed by atoms with E-state index < -0.39 is 5.97 Å². The summed E-state index contributed by atoms with van der Waals surface area (Å²) in [5, 5.41) is 11.7. The van der Waals surface area contributed by atoms with Gasteiger partial charge < -0.3 is 16.2 Å². The van der Waals surface area contributed by atoms with Gasteiger partial charge in [-0.05, 0) is 31.4 Å². The van der Waals surface area contributed by atoms with Crippen molar-refractivity contribution in [2.75, 3.05) is 17.6 Å². The summed E-state index contributed by atoms with van der Waals surface area (Å²) < 4.78 is 0. The highest BCUT2D eigenvalue weighted by Crippen LogP contribution is 2.13. The van der Waals surface area contributed by atoms with Crippen LogP contribution >= 0.6 is 0 Å². The minimum Gasteiger partial charge on any atom is -0.481 e. The molecule has 0 aromatic carbocycles. The zero-order chi connectivity index (χ0) is 12.7. The number of aryl methyl sites for hydroxylation is 1. The molecule has 0 aliphatic heterocycles. The van der Waals surface area contributed by atoms with E-state index in [4.69, 9.17) is 10.8 Å². The van der Waals surface area contributed by atoms with Gasteiger partial charge in [0.05, 0.1) is 11.9 Å². The number of carboxylic acids is 1. The second kappa shape index (κ2) is 6.73. The highest BCUT2D eigenvalue weighted by atomic mass is 16.4. The lowest BCUT2D eigenvalue weighted by Crippen LogP contribution is -2.04. The molecule has 0 atom stereocenters. The van der Waals surface area contributed by atoms with E-state index in [0.717, 1.165) is 37.2 Å². The van der Waals surface area contributed by atoms with Crippen LogP contribution in [0.4, 0.5) is 11.5 Å². The van der Waals surface area contributed by atoms with E-state index in [-0.39, 0.29) is 6.42 Å². The number of aromatic nitrogens is 1. The fraction of sp³-hybridized carbons (Fsp3) is 0.500. The Morgan fingerprint density at radius 3 is 2.88 bits per heavy atom. The molecule has 1 aromatic heterocycles. The minimum atomic E-state index is -0.728. The number of carbonyl (C=O) groups is 1. The van der Waals surface area contributed by atoms with Gasteiger partial charge in [-0.2, -0.15) is 0 Å². The van der Waals surface area contributed by atoms with Crippen molar-refractivity contribution in [3.8, 4) is 0 Å². The first-order chi connectivity index (χ1) is 8.09. The second-order valence-electron chi connectivity index (χ2n) is 4.06. The van der Waals surface area contributed by atoms with E-state index in [1.54, 1.807) is 6.20 Å². The number of nitrogens with two attached hydrogens (primary N) is 1. The SMILES string of the molecule is Cc1cc(NCCCCCC(=O)O)ncc1N. The molecule has 0 radical (unpaired) electrons. The predicted octanol–water partition coefficient (Wildman–Crippen LogP) is 2.03. The van der Waals surface area contributed by atoms with Crippen LogP contribution < -0.4 is 11.1 Å². The van der Waals surface area contributed by atoms with Crippen LogP contribution in [0.25, 0.3) is 0 Å². The number of unbranched alkanes of at least 4 members (excludes halogenated alkanes) is 2. The number of hydrogen-bond donors (Lipinski definition) is 3. The van der Waals surface area contributed by atoms with E-state index in [1.807, 2.05) is 13.0 Å². The molecule has 0 saturated carbocycles. The number of nitrogen functional groups attached to an aromatic ring is 1. The summed E-state index contributed by atoms with van der Waals surface area (Å²) in [5.41, 5.74) is 7.36. The smallest absolute Gasteiger partial charge is 0.303 e. The van der Waals surface area contributed by atoms with Gasteiger partial charge in [0, 0.05) is 13.0 Å².